The van der Waals surface area contributed by atoms with Gasteiger partial charge in [-0.25, -0.2) is 0 Å². The quantitative estimate of drug-likeness (QED) is 0.844. The highest BCUT2D eigenvalue weighted by molar-refractivity contribution is 6.30. The van der Waals surface area contributed by atoms with Crippen molar-refractivity contribution in [3.05, 3.63) is 28.8 Å². The van der Waals surface area contributed by atoms with E-state index in [1.807, 2.05) is 4.90 Å². The van der Waals surface area contributed by atoms with Gasteiger partial charge in [0.15, 0.2) is 0 Å². The molecule has 0 aromatic heterocycles. The van der Waals surface area contributed by atoms with Crippen molar-refractivity contribution in [3.8, 4) is 5.75 Å². The molecule has 5 heteroatoms. The molecule has 2 saturated heterocycles. The maximum atomic E-state index is 13.1. The molecule has 0 N–H and O–H groups in total. The lowest BCUT2D eigenvalue weighted by Crippen LogP contribution is -2.49. The number of benzene rings is 1. The molecule has 2 heterocycles. The van der Waals surface area contributed by atoms with Gasteiger partial charge in [0.1, 0.15) is 5.75 Å². The number of hydrogen-bond donors (Lipinski definition) is 0. The minimum atomic E-state index is 0.0717. The van der Waals surface area contributed by atoms with Crippen molar-refractivity contribution in [2.75, 3.05) is 33.3 Å². The molecule has 4 nitrogen and oxygen atoms in total. The molecule has 0 radical (unpaired) electrons. The Bertz CT molecular complexity index is 558. The maximum absolute atomic E-state index is 13.1. The molecule has 0 bridgehead atoms. The molecule has 0 spiro atoms. The van der Waals surface area contributed by atoms with Crippen LogP contribution in [0.5, 0.6) is 5.75 Å². The second-order valence-corrected chi connectivity index (χ2v) is 6.94. The van der Waals surface area contributed by atoms with Crippen molar-refractivity contribution >= 4 is 17.5 Å². The molecule has 0 saturated carbocycles. The third-order valence-electron chi connectivity index (χ3n) is 4.95. The Morgan fingerprint density at radius 2 is 1.96 bits per heavy atom. The fourth-order valence-corrected chi connectivity index (χ4v) is 3.88. The van der Waals surface area contributed by atoms with Crippen LogP contribution in [0.1, 0.15) is 42.5 Å². The Balaban J connectivity index is 1.78. The SMILES string of the molecule is COc1cc(Cl)ccc1C(=O)N1CCCC[C@@H]1CN1CCCC1. The van der Waals surface area contributed by atoms with E-state index < -0.39 is 0 Å². The summed E-state index contributed by atoms with van der Waals surface area (Å²) in [6.07, 6.45) is 5.95. The average Bonchev–Trinajstić information content (AvgIpc) is 3.07. The number of carbonyl (C=O) groups excluding carboxylic acids is 1. The van der Waals surface area contributed by atoms with Gasteiger partial charge in [-0.15, -0.1) is 0 Å². The Labute approximate surface area is 143 Å². The Morgan fingerprint density at radius 3 is 2.70 bits per heavy atom. The topological polar surface area (TPSA) is 32.8 Å². The van der Waals surface area contributed by atoms with Gasteiger partial charge in [-0.2, -0.15) is 0 Å². The summed E-state index contributed by atoms with van der Waals surface area (Å²) in [4.78, 5) is 17.6. The van der Waals surface area contributed by atoms with Gasteiger partial charge in [0.25, 0.3) is 5.91 Å². The predicted molar refractivity (Wildman–Crippen MR) is 92.4 cm³/mol. The molecular weight excluding hydrogens is 312 g/mol. The summed E-state index contributed by atoms with van der Waals surface area (Å²) in [7, 11) is 1.58. The molecule has 1 aromatic carbocycles. The standard InChI is InChI=1S/C18H25ClN2O2/c1-23-17-12-14(19)7-8-16(17)18(22)21-11-3-2-6-15(21)13-20-9-4-5-10-20/h7-8,12,15H,2-6,9-11,13H2,1H3/t15-/m1/s1. The minimum absolute atomic E-state index is 0.0717. The molecule has 2 aliphatic heterocycles. The second kappa shape index (κ2) is 7.54. The van der Waals surface area contributed by atoms with E-state index >= 15 is 0 Å². The monoisotopic (exact) mass is 336 g/mol. The highest BCUT2D eigenvalue weighted by atomic mass is 35.5. The minimum Gasteiger partial charge on any atom is -0.496 e. The largest absolute Gasteiger partial charge is 0.496 e. The van der Waals surface area contributed by atoms with Crippen LogP contribution < -0.4 is 4.74 Å². The van der Waals surface area contributed by atoms with Crippen LogP contribution in [0.4, 0.5) is 0 Å². The van der Waals surface area contributed by atoms with E-state index in [1.165, 1.54) is 32.4 Å². The normalized spacial score (nSPS) is 22.3. The van der Waals surface area contributed by atoms with Gasteiger partial charge in [-0.3, -0.25) is 4.79 Å². The smallest absolute Gasteiger partial charge is 0.257 e. The molecule has 1 atom stereocenters. The number of rotatable bonds is 4. The summed E-state index contributed by atoms with van der Waals surface area (Å²) in [6, 6.07) is 5.57. The third-order valence-corrected chi connectivity index (χ3v) is 5.18. The van der Waals surface area contributed by atoms with Crippen LogP contribution in [0.15, 0.2) is 18.2 Å². The van der Waals surface area contributed by atoms with E-state index in [4.69, 9.17) is 16.3 Å². The van der Waals surface area contributed by atoms with Gasteiger partial charge >= 0.3 is 0 Å². The van der Waals surface area contributed by atoms with Gasteiger partial charge in [-0.05, 0) is 63.4 Å². The van der Waals surface area contributed by atoms with E-state index in [2.05, 4.69) is 4.90 Å². The van der Waals surface area contributed by atoms with Crippen molar-refractivity contribution in [2.24, 2.45) is 0 Å². The summed E-state index contributed by atoms with van der Waals surface area (Å²) >= 11 is 6.02. The molecule has 1 amide bonds. The van der Waals surface area contributed by atoms with Gasteiger partial charge in [0.05, 0.1) is 12.7 Å². The second-order valence-electron chi connectivity index (χ2n) is 6.50. The van der Waals surface area contributed by atoms with E-state index in [0.717, 1.165) is 25.9 Å². The van der Waals surface area contributed by atoms with E-state index in [-0.39, 0.29) is 5.91 Å². The first-order valence-electron chi connectivity index (χ1n) is 8.56. The fraction of sp³-hybridized carbons (Fsp3) is 0.611. The van der Waals surface area contributed by atoms with E-state index in [9.17, 15) is 4.79 Å². The number of nitrogens with zero attached hydrogens (tertiary/aromatic N) is 2. The zero-order valence-electron chi connectivity index (χ0n) is 13.8. The first-order chi connectivity index (χ1) is 11.2. The van der Waals surface area contributed by atoms with E-state index in [0.29, 0.717) is 22.4 Å². The summed E-state index contributed by atoms with van der Waals surface area (Å²) in [5, 5.41) is 0.589. The first kappa shape index (κ1) is 16.6. The predicted octanol–water partition coefficient (Wildman–Crippen LogP) is 3.44. The van der Waals surface area contributed by atoms with Crippen LogP contribution in [0.3, 0.4) is 0 Å². The van der Waals surface area contributed by atoms with Gasteiger partial charge in [-0.1, -0.05) is 11.6 Å². The summed E-state index contributed by atoms with van der Waals surface area (Å²) in [6.45, 7) is 4.18. The molecule has 0 aliphatic carbocycles. The Morgan fingerprint density at radius 1 is 1.22 bits per heavy atom. The Kier molecular flexibility index (Phi) is 5.44. The highest BCUT2D eigenvalue weighted by Crippen LogP contribution is 2.28. The van der Waals surface area contributed by atoms with Crippen LogP contribution in [-0.2, 0) is 0 Å². The fourth-order valence-electron chi connectivity index (χ4n) is 3.72. The molecule has 2 aliphatic rings. The van der Waals surface area contributed by atoms with Gasteiger partial charge in [0, 0.05) is 24.2 Å². The lowest BCUT2D eigenvalue weighted by molar-refractivity contribution is 0.0557. The molecule has 0 unspecified atom stereocenters. The lowest BCUT2D eigenvalue weighted by atomic mass is 10.00. The number of amides is 1. The Hall–Kier alpha value is -1.26. The number of ether oxygens (including phenoxy) is 1. The number of likely N-dealkylation sites (tertiary alicyclic amines) is 2. The summed E-state index contributed by atoms with van der Waals surface area (Å²) < 4.78 is 5.36. The number of piperidine rings is 1. The van der Waals surface area contributed by atoms with Gasteiger partial charge < -0.3 is 14.5 Å². The highest BCUT2D eigenvalue weighted by Gasteiger charge is 2.30. The molecule has 3 rings (SSSR count). The van der Waals surface area contributed by atoms with Crippen LogP contribution in [0.2, 0.25) is 5.02 Å². The van der Waals surface area contributed by atoms with Crippen LogP contribution >= 0.6 is 11.6 Å². The van der Waals surface area contributed by atoms with Crippen molar-refractivity contribution < 1.29 is 9.53 Å². The van der Waals surface area contributed by atoms with Crippen molar-refractivity contribution in [3.63, 3.8) is 0 Å². The lowest BCUT2D eigenvalue weighted by Gasteiger charge is -2.38. The number of methoxy groups -OCH3 is 1. The summed E-state index contributed by atoms with van der Waals surface area (Å²) in [5.41, 5.74) is 0.616. The average molecular weight is 337 g/mol. The molecule has 2 fully saturated rings. The number of halogens is 1. The van der Waals surface area contributed by atoms with Gasteiger partial charge in [0.2, 0.25) is 0 Å². The van der Waals surface area contributed by atoms with E-state index in [1.54, 1.807) is 25.3 Å². The third kappa shape index (κ3) is 3.81. The molecule has 1 aromatic rings. The van der Waals surface area contributed by atoms with Crippen molar-refractivity contribution in [2.45, 2.75) is 38.1 Å². The number of hydrogen-bond acceptors (Lipinski definition) is 3. The van der Waals surface area contributed by atoms with Crippen LogP contribution in [-0.4, -0.2) is 55.0 Å². The molecule has 23 heavy (non-hydrogen) atoms. The van der Waals surface area contributed by atoms with Crippen LogP contribution in [0, 0.1) is 0 Å². The zero-order chi connectivity index (χ0) is 16.2. The van der Waals surface area contributed by atoms with Crippen LogP contribution in [0.25, 0.3) is 0 Å². The summed E-state index contributed by atoms with van der Waals surface area (Å²) in [5.74, 6) is 0.635. The van der Waals surface area contributed by atoms with Crippen molar-refractivity contribution in [1.82, 2.24) is 9.80 Å². The molecular formula is C18H25ClN2O2. The zero-order valence-corrected chi connectivity index (χ0v) is 14.5. The molecule has 126 valence electrons. The first-order valence-corrected chi connectivity index (χ1v) is 8.93. The maximum Gasteiger partial charge on any atom is 0.257 e. The van der Waals surface area contributed by atoms with Crippen molar-refractivity contribution in [1.29, 1.82) is 0 Å². The number of carbonyl (C=O) groups is 1.